The highest BCUT2D eigenvalue weighted by atomic mass is 35.5. The van der Waals surface area contributed by atoms with Crippen molar-refractivity contribution in [2.24, 2.45) is 0 Å². The monoisotopic (exact) mass is 341 g/mol. The second-order valence-corrected chi connectivity index (χ2v) is 6.07. The molecule has 2 aromatic carbocycles. The summed E-state index contributed by atoms with van der Waals surface area (Å²) in [5.74, 6) is -0.261. The summed E-state index contributed by atoms with van der Waals surface area (Å²) in [4.78, 5) is 24.4. The standard InChI is InChI=1S/C19H16ClNO3/c1-12(13-5-3-2-4-6-13)11-21-19(23)18-10-16(22)15-9-14(20)7-8-17(15)24-18/h2-10,12H,11H2,1H3,(H,21,23)/t12-/m1/s1. The molecule has 1 atom stereocenters. The molecule has 1 aromatic heterocycles. The van der Waals surface area contributed by atoms with Gasteiger partial charge in [-0.3, -0.25) is 9.59 Å². The van der Waals surface area contributed by atoms with E-state index in [0.717, 1.165) is 5.56 Å². The van der Waals surface area contributed by atoms with E-state index in [9.17, 15) is 9.59 Å². The van der Waals surface area contributed by atoms with Gasteiger partial charge in [-0.05, 0) is 29.7 Å². The van der Waals surface area contributed by atoms with Crippen LogP contribution in [0.15, 0.2) is 63.8 Å². The van der Waals surface area contributed by atoms with Crippen molar-refractivity contribution in [1.82, 2.24) is 5.32 Å². The number of carbonyl (C=O) groups excluding carboxylic acids is 1. The lowest BCUT2D eigenvalue weighted by molar-refractivity contribution is 0.0924. The van der Waals surface area contributed by atoms with Gasteiger partial charge in [-0.2, -0.15) is 0 Å². The first-order valence-electron chi connectivity index (χ1n) is 7.61. The predicted molar refractivity (Wildman–Crippen MR) is 94.7 cm³/mol. The molecule has 1 heterocycles. The molecule has 0 bridgehead atoms. The SMILES string of the molecule is C[C@H](CNC(=O)c1cc(=O)c2cc(Cl)ccc2o1)c1ccccc1. The van der Waals surface area contributed by atoms with Gasteiger partial charge < -0.3 is 9.73 Å². The van der Waals surface area contributed by atoms with Gasteiger partial charge in [0, 0.05) is 17.6 Å². The molecule has 4 nitrogen and oxygen atoms in total. The van der Waals surface area contributed by atoms with Crippen LogP contribution in [0.5, 0.6) is 0 Å². The Morgan fingerprint density at radius 2 is 1.92 bits per heavy atom. The predicted octanol–water partition coefficient (Wildman–Crippen LogP) is 3.98. The minimum absolute atomic E-state index is 0.00455. The molecule has 0 fully saturated rings. The highest BCUT2D eigenvalue weighted by Gasteiger charge is 2.14. The highest BCUT2D eigenvalue weighted by Crippen LogP contribution is 2.18. The van der Waals surface area contributed by atoms with Crippen LogP contribution in [-0.4, -0.2) is 12.5 Å². The van der Waals surface area contributed by atoms with E-state index in [1.807, 2.05) is 37.3 Å². The lowest BCUT2D eigenvalue weighted by Gasteiger charge is -2.12. The quantitative estimate of drug-likeness (QED) is 0.780. The number of benzene rings is 2. The van der Waals surface area contributed by atoms with Crippen molar-refractivity contribution in [3.8, 4) is 0 Å². The van der Waals surface area contributed by atoms with Crippen LogP contribution in [0.2, 0.25) is 5.02 Å². The van der Waals surface area contributed by atoms with E-state index in [1.54, 1.807) is 12.1 Å². The number of hydrogen-bond acceptors (Lipinski definition) is 3. The van der Waals surface area contributed by atoms with Crippen LogP contribution in [0.4, 0.5) is 0 Å². The highest BCUT2D eigenvalue weighted by molar-refractivity contribution is 6.31. The van der Waals surface area contributed by atoms with Crippen molar-refractivity contribution in [3.05, 3.63) is 81.2 Å². The number of hydrogen-bond donors (Lipinski definition) is 1. The summed E-state index contributed by atoms with van der Waals surface area (Å²) >= 11 is 5.88. The van der Waals surface area contributed by atoms with Gasteiger partial charge in [-0.15, -0.1) is 0 Å². The zero-order valence-corrected chi connectivity index (χ0v) is 13.8. The van der Waals surface area contributed by atoms with Crippen molar-refractivity contribution >= 4 is 28.5 Å². The molecule has 122 valence electrons. The van der Waals surface area contributed by atoms with Crippen LogP contribution in [0, 0.1) is 0 Å². The zero-order valence-electron chi connectivity index (χ0n) is 13.1. The molecular weight excluding hydrogens is 326 g/mol. The summed E-state index contributed by atoms with van der Waals surface area (Å²) < 4.78 is 5.53. The molecule has 0 radical (unpaired) electrons. The van der Waals surface area contributed by atoms with E-state index in [-0.39, 0.29) is 17.1 Å². The number of fused-ring (bicyclic) bond motifs is 1. The van der Waals surface area contributed by atoms with Crippen molar-refractivity contribution < 1.29 is 9.21 Å². The van der Waals surface area contributed by atoms with Crippen LogP contribution in [0.25, 0.3) is 11.0 Å². The van der Waals surface area contributed by atoms with E-state index < -0.39 is 5.91 Å². The van der Waals surface area contributed by atoms with Crippen molar-refractivity contribution in [3.63, 3.8) is 0 Å². The fourth-order valence-corrected chi connectivity index (χ4v) is 2.64. The molecule has 3 aromatic rings. The molecule has 0 spiro atoms. The average Bonchev–Trinajstić information content (AvgIpc) is 2.60. The second kappa shape index (κ2) is 6.89. The normalized spacial score (nSPS) is 12.1. The molecule has 0 aliphatic rings. The van der Waals surface area contributed by atoms with Gasteiger partial charge >= 0.3 is 0 Å². The van der Waals surface area contributed by atoms with E-state index in [4.69, 9.17) is 16.0 Å². The second-order valence-electron chi connectivity index (χ2n) is 5.64. The summed E-state index contributed by atoms with van der Waals surface area (Å²) in [6.45, 7) is 2.47. The molecule has 5 heteroatoms. The number of amides is 1. The third-order valence-electron chi connectivity index (χ3n) is 3.85. The molecule has 0 saturated heterocycles. The van der Waals surface area contributed by atoms with Crippen LogP contribution in [0.3, 0.4) is 0 Å². The van der Waals surface area contributed by atoms with Crippen LogP contribution < -0.4 is 10.7 Å². The van der Waals surface area contributed by atoms with Gasteiger partial charge in [-0.25, -0.2) is 0 Å². The molecule has 3 rings (SSSR count). The Hall–Kier alpha value is -2.59. The molecule has 0 aliphatic carbocycles. The molecular formula is C19H16ClNO3. The Morgan fingerprint density at radius 3 is 2.67 bits per heavy atom. The summed E-state index contributed by atoms with van der Waals surface area (Å²) in [7, 11) is 0. The first kappa shape index (κ1) is 16.3. The van der Waals surface area contributed by atoms with Gasteiger partial charge in [0.05, 0.1) is 5.39 Å². The van der Waals surface area contributed by atoms with Gasteiger partial charge in [0.1, 0.15) is 5.58 Å². The fourth-order valence-electron chi connectivity index (χ4n) is 2.47. The lowest BCUT2D eigenvalue weighted by atomic mass is 10.0. The molecule has 0 unspecified atom stereocenters. The molecule has 0 saturated carbocycles. The summed E-state index contributed by atoms with van der Waals surface area (Å²) in [5, 5.41) is 3.61. The van der Waals surface area contributed by atoms with Crippen LogP contribution in [0.1, 0.15) is 29.0 Å². The Labute approximate surface area is 144 Å². The third-order valence-corrected chi connectivity index (χ3v) is 4.09. The smallest absolute Gasteiger partial charge is 0.287 e. The van der Waals surface area contributed by atoms with Crippen LogP contribution in [-0.2, 0) is 0 Å². The average molecular weight is 342 g/mol. The Morgan fingerprint density at radius 1 is 1.17 bits per heavy atom. The molecule has 1 N–H and O–H groups in total. The number of nitrogens with one attached hydrogen (secondary N) is 1. The maximum atomic E-state index is 12.3. The van der Waals surface area contributed by atoms with Crippen molar-refractivity contribution in [1.29, 1.82) is 0 Å². The number of rotatable bonds is 4. The van der Waals surface area contributed by atoms with E-state index in [0.29, 0.717) is 22.5 Å². The fraction of sp³-hybridized carbons (Fsp3) is 0.158. The van der Waals surface area contributed by atoms with Gasteiger partial charge in [0.25, 0.3) is 5.91 Å². The van der Waals surface area contributed by atoms with E-state index >= 15 is 0 Å². The number of carbonyl (C=O) groups is 1. The van der Waals surface area contributed by atoms with Gasteiger partial charge in [0.15, 0.2) is 11.2 Å². The Kier molecular flexibility index (Phi) is 4.67. The summed E-state index contributed by atoms with van der Waals surface area (Å²) in [6, 6.07) is 15.8. The minimum Gasteiger partial charge on any atom is -0.451 e. The Balaban J connectivity index is 1.77. The summed E-state index contributed by atoms with van der Waals surface area (Å²) in [6.07, 6.45) is 0. The van der Waals surface area contributed by atoms with Crippen LogP contribution >= 0.6 is 11.6 Å². The van der Waals surface area contributed by atoms with Crippen molar-refractivity contribution in [2.75, 3.05) is 6.54 Å². The van der Waals surface area contributed by atoms with E-state index in [2.05, 4.69) is 5.32 Å². The maximum absolute atomic E-state index is 12.3. The first-order chi connectivity index (χ1) is 11.5. The Bertz CT molecular complexity index is 934. The molecule has 0 aliphatic heterocycles. The van der Waals surface area contributed by atoms with E-state index in [1.165, 1.54) is 12.1 Å². The first-order valence-corrected chi connectivity index (χ1v) is 7.99. The largest absolute Gasteiger partial charge is 0.451 e. The topological polar surface area (TPSA) is 59.3 Å². The summed E-state index contributed by atoms with van der Waals surface area (Å²) in [5.41, 5.74) is 1.18. The molecule has 24 heavy (non-hydrogen) atoms. The van der Waals surface area contributed by atoms with Gasteiger partial charge in [0.2, 0.25) is 0 Å². The molecule has 1 amide bonds. The lowest BCUT2D eigenvalue weighted by Crippen LogP contribution is -2.28. The maximum Gasteiger partial charge on any atom is 0.287 e. The van der Waals surface area contributed by atoms with Gasteiger partial charge in [-0.1, -0.05) is 48.9 Å². The number of halogens is 1. The van der Waals surface area contributed by atoms with Crippen molar-refractivity contribution in [2.45, 2.75) is 12.8 Å². The third kappa shape index (κ3) is 3.49. The zero-order chi connectivity index (χ0) is 17.1. The minimum atomic E-state index is -0.410.